The summed E-state index contributed by atoms with van der Waals surface area (Å²) in [6, 6.07) is 13.8. The maximum atomic E-state index is 13.3. The molecular weight excluding hydrogens is 490 g/mol. The van der Waals surface area contributed by atoms with Crippen LogP contribution in [0.25, 0.3) is 22.0 Å². The Morgan fingerprint density at radius 3 is 2.59 bits per heavy atom. The zero-order valence-electron chi connectivity index (χ0n) is 21.0. The fourth-order valence-electron chi connectivity index (χ4n) is 4.20. The second kappa shape index (κ2) is 10.3. The van der Waals surface area contributed by atoms with Gasteiger partial charge in [-0.3, -0.25) is 4.98 Å². The lowest BCUT2D eigenvalue weighted by atomic mass is 10.0. The molecule has 2 N–H and O–H groups in total. The molecule has 2 heterocycles. The number of nitrogens with zero attached hydrogens (tertiary/aromatic N) is 3. The van der Waals surface area contributed by atoms with E-state index in [4.69, 9.17) is 9.47 Å². The van der Waals surface area contributed by atoms with Gasteiger partial charge in [0.2, 0.25) is 15.9 Å². The zero-order chi connectivity index (χ0) is 26.0. The number of pyridine rings is 1. The molecule has 0 bridgehead atoms. The van der Waals surface area contributed by atoms with Crippen LogP contribution in [0.15, 0.2) is 59.8 Å². The maximum absolute atomic E-state index is 13.3. The van der Waals surface area contributed by atoms with E-state index in [9.17, 15) is 8.42 Å². The minimum Gasteiger partial charge on any atom is -0.480 e. The van der Waals surface area contributed by atoms with E-state index >= 15 is 0 Å². The summed E-state index contributed by atoms with van der Waals surface area (Å²) < 4.78 is 39.9. The van der Waals surface area contributed by atoms with Gasteiger partial charge in [-0.2, -0.15) is 4.98 Å². The molecular formula is C27H29N5O4S. The molecule has 0 spiro atoms. The quantitative estimate of drug-likeness (QED) is 0.306. The van der Waals surface area contributed by atoms with Crippen molar-refractivity contribution in [1.29, 1.82) is 0 Å². The molecule has 0 unspecified atom stereocenters. The van der Waals surface area contributed by atoms with Crippen LogP contribution in [-0.2, 0) is 16.4 Å². The zero-order valence-corrected chi connectivity index (χ0v) is 21.8. The molecule has 0 saturated heterocycles. The van der Waals surface area contributed by atoms with Gasteiger partial charge in [0.1, 0.15) is 4.90 Å². The van der Waals surface area contributed by atoms with Crippen molar-refractivity contribution >= 4 is 32.3 Å². The summed E-state index contributed by atoms with van der Waals surface area (Å²) in [7, 11) is -0.747. The molecule has 5 rings (SSSR count). The van der Waals surface area contributed by atoms with Crippen molar-refractivity contribution in [2.75, 3.05) is 19.5 Å². The first-order valence-corrected chi connectivity index (χ1v) is 13.7. The molecule has 1 saturated carbocycles. The Balaban J connectivity index is 1.63. The number of aryl methyl sites for hydroxylation is 1. The number of ether oxygens (including phenoxy) is 2. The summed E-state index contributed by atoms with van der Waals surface area (Å²) in [6.07, 6.45) is 6.69. The Kier molecular flexibility index (Phi) is 6.94. The summed E-state index contributed by atoms with van der Waals surface area (Å²) in [5.74, 6) is 0.366. The minimum atomic E-state index is -3.77. The van der Waals surface area contributed by atoms with Gasteiger partial charge in [0.15, 0.2) is 0 Å². The largest absolute Gasteiger partial charge is 0.480 e. The number of benzene rings is 2. The molecule has 0 radical (unpaired) electrons. The van der Waals surface area contributed by atoms with Crippen LogP contribution in [0.1, 0.15) is 31.7 Å². The van der Waals surface area contributed by atoms with Gasteiger partial charge in [-0.25, -0.2) is 18.1 Å². The number of anilines is 2. The van der Waals surface area contributed by atoms with E-state index < -0.39 is 10.0 Å². The third-order valence-corrected chi connectivity index (χ3v) is 7.71. The summed E-state index contributed by atoms with van der Waals surface area (Å²) in [6.45, 7) is 2.13. The Morgan fingerprint density at radius 1 is 1.03 bits per heavy atom. The number of methoxy groups -OCH3 is 2. The van der Waals surface area contributed by atoms with E-state index in [0.29, 0.717) is 28.0 Å². The third kappa shape index (κ3) is 5.35. The fraction of sp³-hybridized carbons (Fsp3) is 0.296. The molecule has 4 aromatic rings. The highest BCUT2D eigenvalue weighted by atomic mass is 32.2. The Labute approximate surface area is 216 Å². The van der Waals surface area contributed by atoms with E-state index in [1.807, 2.05) is 30.3 Å². The molecule has 0 atom stereocenters. The molecule has 0 amide bonds. The third-order valence-electron chi connectivity index (χ3n) is 6.18. The van der Waals surface area contributed by atoms with E-state index in [-0.39, 0.29) is 16.9 Å². The highest BCUT2D eigenvalue weighted by molar-refractivity contribution is 7.89. The Hall–Kier alpha value is -3.76. The second-order valence-electron chi connectivity index (χ2n) is 8.98. The van der Waals surface area contributed by atoms with Crippen LogP contribution in [0.5, 0.6) is 11.9 Å². The van der Waals surface area contributed by atoms with Gasteiger partial charge in [0, 0.05) is 29.5 Å². The highest BCUT2D eigenvalue weighted by Gasteiger charge is 2.30. The van der Waals surface area contributed by atoms with E-state index in [1.165, 1.54) is 26.0 Å². The normalized spacial score (nSPS) is 13.5. The topological polar surface area (TPSA) is 115 Å². The van der Waals surface area contributed by atoms with Crippen LogP contribution in [0.4, 0.5) is 11.4 Å². The van der Waals surface area contributed by atoms with Crippen LogP contribution in [0, 0.1) is 0 Å². The molecule has 1 aliphatic carbocycles. The van der Waals surface area contributed by atoms with Crippen molar-refractivity contribution in [3.05, 3.63) is 60.4 Å². The first kappa shape index (κ1) is 24.9. The predicted octanol–water partition coefficient (Wildman–Crippen LogP) is 4.85. The number of fused-ring (bicyclic) bond motifs is 1. The molecule has 10 heteroatoms. The van der Waals surface area contributed by atoms with Crippen molar-refractivity contribution in [3.8, 4) is 23.0 Å². The number of aromatic nitrogens is 3. The van der Waals surface area contributed by atoms with Crippen molar-refractivity contribution in [3.63, 3.8) is 0 Å². The molecule has 1 fully saturated rings. The molecule has 2 aromatic carbocycles. The number of nitrogens with one attached hydrogen (secondary N) is 2. The van der Waals surface area contributed by atoms with Crippen molar-refractivity contribution in [1.82, 2.24) is 19.7 Å². The van der Waals surface area contributed by atoms with Gasteiger partial charge >= 0.3 is 6.01 Å². The standard InChI is InChI=1S/C27H29N5O4S/c1-4-6-17-7-5-8-20(13-17)30-25-21-12-9-18(22-15-29-27(36-3)31-26(22)35-2)14-23(21)28-16-24(25)37(33,34)32-19-10-11-19/h5,7-9,12-16,19,32H,4,6,10-11H2,1-3H3,(H,28,30). The van der Waals surface area contributed by atoms with Crippen molar-refractivity contribution < 1.29 is 17.9 Å². The maximum Gasteiger partial charge on any atom is 0.319 e. The lowest BCUT2D eigenvalue weighted by molar-refractivity contribution is 0.353. The van der Waals surface area contributed by atoms with E-state index in [2.05, 4.69) is 44.0 Å². The van der Waals surface area contributed by atoms with Gasteiger partial charge in [-0.05, 0) is 48.6 Å². The number of hydrogen-bond acceptors (Lipinski definition) is 8. The second-order valence-corrected chi connectivity index (χ2v) is 10.7. The van der Waals surface area contributed by atoms with Crippen LogP contribution in [-0.4, -0.2) is 43.6 Å². The van der Waals surface area contributed by atoms with E-state index in [0.717, 1.165) is 36.9 Å². The average Bonchev–Trinajstić information content (AvgIpc) is 3.71. The van der Waals surface area contributed by atoms with Crippen molar-refractivity contribution in [2.45, 2.75) is 43.5 Å². The first-order chi connectivity index (χ1) is 17.9. The monoisotopic (exact) mass is 519 g/mol. The van der Waals surface area contributed by atoms with Crippen LogP contribution >= 0.6 is 0 Å². The fourth-order valence-corrected chi connectivity index (χ4v) is 5.62. The van der Waals surface area contributed by atoms with Gasteiger partial charge in [0.25, 0.3) is 0 Å². The van der Waals surface area contributed by atoms with Crippen molar-refractivity contribution in [2.24, 2.45) is 0 Å². The number of rotatable bonds is 10. The van der Waals surface area contributed by atoms with Gasteiger partial charge in [-0.15, -0.1) is 0 Å². The smallest absolute Gasteiger partial charge is 0.319 e. The van der Waals surface area contributed by atoms with Crippen LogP contribution in [0.2, 0.25) is 0 Å². The van der Waals surface area contributed by atoms with Gasteiger partial charge < -0.3 is 14.8 Å². The molecule has 0 aliphatic heterocycles. The van der Waals surface area contributed by atoms with E-state index in [1.54, 1.807) is 6.20 Å². The molecule has 9 nitrogen and oxygen atoms in total. The highest BCUT2D eigenvalue weighted by Crippen LogP contribution is 2.37. The lowest BCUT2D eigenvalue weighted by Gasteiger charge is -2.17. The summed E-state index contributed by atoms with van der Waals surface area (Å²) in [5, 5.41) is 4.06. The predicted molar refractivity (Wildman–Crippen MR) is 143 cm³/mol. The summed E-state index contributed by atoms with van der Waals surface area (Å²) in [5.41, 5.74) is 4.54. The van der Waals surface area contributed by atoms with Gasteiger partial charge in [0.05, 0.1) is 31.0 Å². The first-order valence-electron chi connectivity index (χ1n) is 12.2. The molecule has 2 aromatic heterocycles. The number of sulfonamides is 1. The lowest BCUT2D eigenvalue weighted by Crippen LogP contribution is -2.26. The average molecular weight is 520 g/mol. The molecule has 1 aliphatic rings. The summed E-state index contributed by atoms with van der Waals surface area (Å²) >= 11 is 0. The van der Waals surface area contributed by atoms with Crippen LogP contribution in [0.3, 0.4) is 0 Å². The Morgan fingerprint density at radius 2 is 1.86 bits per heavy atom. The number of hydrogen-bond donors (Lipinski definition) is 2. The summed E-state index contributed by atoms with van der Waals surface area (Å²) in [4.78, 5) is 13.1. The Bertz CT molecular complexity index is 1550. The molecule has 37 heavy (non-hydrogen) atoms. The van der Waals surface area contributed by atoms with Gasteiger partial charge in [-0.1, -0.05) is 37.6 Å². The SMILES string of the molecule is CCCc1cccc(Nc2c(S(=O)(=O)NC3CC3)cnc3cc(-c4cnc(OC)nc4OC)ccc23)c1. The molecule has 192 valence electrons. The van der Waals surface area contributed by atoms with Crippen LogP contribution < -0.4 is 19.5 Å². The minimum absolute atomic E-state index is 0.0219.